The molecule has 0 saturated carbocycles. The maximum Gasteiger partial charge on any atom is 0.00966 e. The van der Waals surface area contributed by atoms with Gasteiger partial charge in [-0.2, -0.15) is 0 Å². The van der Waals surface area contributed by atoms with E-state index in [9.17, 15) is 0 Å². The van der Waals surface area contributed by atoms with Crippen molar-refractivity contribution in [3.8, 4) is 0 Å². The Hall–Kier alpha value is -1.60. The monoisotopic (exact) mass is 295 g/mol. The van der Waals surface area contributed by atoms with E-state index in [0.29, 0.717) is 5.92 Å². The molecule has 0 bridgehead atoms. The molecule has 0 amide bonds. The van der Waals surface area contributed by atoms with Crippen molar-refractivity contribution >= 4 is 0 Å². The minimum atomic E-state index is 0.169. The van der Waals surface area contributed by atoms with Gasteiger partial charge < -0.3 is 5.32 Å². The molecule has 0 aromatic heterocycles. The first-order valence-electron chi connectivity index (χ1n) is 8.27. The fraction of sp³-hybridized carbons (Fsp3) is 0.429. The van der Waals surface area contributed by atoms with Crippen LogP contribution >= 0.6 is 0 Å². The van der Waals surface area contributed by atoms with Gasteiger partial charge in [0.2, 0.25) is 0 Å². The Labute approximate surface area is 135 Å². The van der Waals surface area contributed by atoms with E-state index in [-0.39, 0.29) is 5.54 Å². The number of hydrogen-bond acceptors (Lipinski definition) is 1. The summed E-state index contributed by atoms with van der Waals surface area (Å²) in [6, 6.07) is 19.8. The van der Waals surface area contributed by atoms with Crippen LogP contribution in [0.1, 0.15) is 37.5 Å². The van der Waals surface area contributed by atoms with Crippen LogP contribution in [0.3, 0.4) is 0 Å². The molecular formula is C21H29N. The van der Waals surface area contributed by atoms with Gasteiger partial charge in [0, 0.05) is 5.54 Å². The zero-order valence-corrected chi connectivity index (χ0v) is 14.4. The highest BCUT2D eigenvalue weighted by molar-refractivity contribution is 5.22. The lowest BCUT2D eigenvalue weighted by Crippen LogP contribution is -2.40. The van der Waals surface area contributed by atoms with Gasteiger partial charge in [-0.05, 0) is 64.1 Å². The van der Waals surface area contributed by atoms with Gasteiger partial charge in [0.05, 0.1) is 0 Å². The first-order valence-corrected chi connectivity index (χ1v) is 8.27. The fourth-order valence-corrected chi connectivity index (χ4v) is 2.67. The van der Waals surface area contributed by atoms with Gasteiger partial charge in [-0.3, -0.25) is 0 Å². The van der Waals surface area contributed by atoms with Gasteiger partial charge >= 0.3 is 0 Å². The van der Waals surface area contributed by atoms with Crippen LogP contribution in [-0.2, 0) is 12.8 Å². The summed E-state index contributed by atoms with van der Waals surface area (Å²) in [5, 5.41) is 3.67. The lowest BCUT2D eigenvalue weighted by Gasteiger charge is -2.25. The Morgan fingerprint density at radius 3 is 1.91 bits per heavy atom. The molecule has 1 heteroatoms. The van der Waals surface area contributed by atoms with Crippen molar-refractivity contribution in [2.24, 2.45) is 5.92 Å². The van der Waals surface area contributed by atoms with E-state index in [2.05, 4.69) is 87.6 Å². The summed E-state index contributed by atoms with van der Waals surface area (Å²) in [7, 11) is 0. The third kappa shape index (κ3) is 6.03. The summed E-state index contributed by atoms with van der Waals surface area (Å²) in [5.74, 6) is 0.615. The largest absolute Gasteiger partial charge is 0.312 e. The van der Waals surface area contributed by atoms with Crippen molar-refractivity contribution in [2.75, 3.05) is 6.54 Å². The summed E-state index contributed by atoms with van der Waals surface area (Å²) in [6.45, 7) is 9.90. The molecule has 1 unspecified atom stereocenters. The second-order valence-electron chi connectivity index (χ2n) is 7.38. The highest BCUT2D eigenvalue weighted by Gasteiger charge is 2.15. The van der Waals surface area contributed by atoms with Crippen molar-refractivity contribution < 1.29 is 0 Å². The highest BCUT2D eigenvalue weighted by atomic mass is 14.9. The second kappa shape index (κ2) is 7.60. The number of aryl methyl sites for hydroxylation is 1. The van der Waals surface area contributed by atoms with Gasteiger partial charge in [-0.15, -0.1) is 0 Å². The van der Waals surface area contributed by atoms with Crippen molar-refractivity contribution in [1.82, 2.24) is 5.32 Å². The molecule has 2 rings (SSSR count). The number of nitrogens with one attached hydrogen (secondary N) is 1. The summed E-state index contributed by atoms with van der Waals surface area (Å²) in [6.07, 6.45) is 2.25. The number of benzene rings is 2. The van der Waals surface area contributed by atoms with Crippen LogP contribution in [0.15, 0.2) is 54.6 Å². The topological polar surface area (TPSA) is 12.0 Å². The molecule has 1 N–H and O–H groups in total. The zero-order chi connectivity index (χ0) is 16.0. The average Bonchev–Trinajstić information content (AvgIpc) is 2.47. The third-order valence-corrected chi connectivity index (χ3v) is 3.93. The molecule has 1 atom stereocenters. The van der Waals surface area contributed by atoms with Crippen LogP contribution in [0, 0.1) is 12.8 Å². The standard InChI is InChI=1S/C21H29N/c1-17-10-12-19(13-11-17)15-20(16-22-21(2,3)4)14-18-8-6-5-7-9-18/h5-13,20,22H,14-16H2,1-4H3. The molecule has 0 spiro atoms. The Bertz CT molecular complexity index is 549. The highest BCUT2D eigenvalue weighted by Crippen LogP contribution is 2.16. The predicted octanol–water partition coefficient (Wildman–Crippen LogP) is 4.78. The number of hydrogen-bond donors (Lipinski definition) is 1. The first kappa shape index (κ1) is 16.8. The fourth-order valence-electron chi connectivity index (χ4n) is 2.67. The predicted molar refractivity (Wildman–Crippen MR) is 96.3 cm³/mol. The van der Waals surface area contributed by atoms with E-state index in [1.807, 2.05) is 0 Å². The maximum atomic E-state index is 3.67. The third-order valence-electron chi connectivity index (χ3n) is 3.93. The lowest BCUT2D eigenvalue weighted by atomic mass is 9.91. The van der Waals surface area contributed by atoms with E-state index in [1.165, 1.54) is 16.7 Å². The van der Waals surface area contributed by atoms with Crippen LogP contribution in [-0.4, -0.2) is 12.1 Å². The second-order valence-corrected chi connectivity index (χ2v) is 7.38. The Balaban J connectivity index is 2.05. The zero-order valence-electron chi connectivity index (χ0n) is 14.4. The molecule has 0 aliphatic rings. The van der Waals surface area contributed by atoms with Crippen molar-refractivity contribution in [3.63, 3.8) is 0 Å². The molecule has 118 valence electrons. The molecule has 2 aromatic carbocycles. The van der Waals surface area contributed by atoms with Gasteiger partial charge in [0.25, 0.3) is 0 Å². The molecule has 1 nitrogen and oxygen atoms in total. The average molecular weight is 295 g/mol. The van der Waals surface area contributed by atoms with Crippen LogP contribution in [0.5, 0.6) is 0 Å². The van der Waals surface area contributed by atoms with E-state index in [4.69, 9.17) is 0 Å². The minimum absolute atomic E-state index is 0.169. The van der Waals surface area contributed by atoms with E-state index < -0.39 is 0 Å². The summed E-state index contributed by atoms with van der Waals surface area (Å²) >= 11 is 0. The Morgan fingerprint density at radius 2 is 1.36 bits per heavy atom. The minimum Gasteiger partial charge on any atom is -0.312 e. The van der Waals surface area contributed by atoms with Crippen molar-refractivity contribution in [2.45, 2.75) is 46.1 Å². The number of rotatable bonds is 6. The molecule has 22 heavy (non-hydrogen) atoms. The molecule has 0 radical (unpaired) electrons. The van der Waals surface area contributed by atoms with Crippen LogP contribution in [0.4, 0.5) is 0 Å². The van der Waals surface area contributed by atoms with Crippen molar-refractivity contribution in [3.05, 3.63) is 71.3 Å². The summed E-state index contributed by atoms with van der Waals surface area (Å²) in [5.41, 5.74) is 4.36. The summed E-state index contributed by atoms with van der Waals surface area (Å²) in [4.78, 5) is 0. The molecule has 0 aliphatic heterocycles. The Morgan fingerprint density at radius 1 is 0.818 bits per heavy atom. The van der Waals surface area contributed by atoms with Crippen molar-refractivity contribution in [1.29, 1.82) is 0 Å². The molecule has 0 saturated heterocycles. The SMILES string of the molecule is Cc1ccc(CC(CNC(C)(C)C)Cc2ccccc2)cc1. The van der Waals surface area contributed by atoms with E-state index in [0.717, 1.165) is 19.4 Å². The smallest absolute Gasteiger partial charge is 0.00966 e. The van der Waals surface area contributed by atoms with Crippen LogP contribution in [0.25, 0.3) is 0 Å². The van der Waals surface area contributed by atoms with Crippen LogP contribution < -0.4 is 5.32 Å². The normalized spacial score (nSPS) is 13.1. The molecule has 2 aromatic rings. The lowest BCUT2D eigenvalue weighted by molar-refractivity contribution is 0.367. The van der Waals surface area contributed by atoms with Gasteiger partial charge in [0.1, 0.15) is 0 Å². The van der Waals surface area contributed by atoms with Gasteiger partial charge in [0.15, 0.2) is 0 Å². The van der Waals surface area contributed by atoms with E-state index in [1.54, 1.807) is 0 Å². The first-order chi connectivity index (χ1) is 10.4. The van der Waals surface area contributed by atoms with Gasteiger partial charge in [-0.25, -0.2) is 0 Å². The molecule has 0 fully saturated rings. The quantitative estimate of drug-likeness (QED) is 0.808. The molecule has 0 aliphatic carbocycles. The molecule has 0 heterocycles. The van der Waals surface area contributed by atoms with E-state index >= 15 is 0 Å². The molecular weight excluding hydrogens is 266 g/mol. The maximum absolute atomic E-state index is 3.67. The summed E-state index contributed by atoms with van der Waals surface area (Å²) < 4.78 is 0. The van der Waals surface area contributed by atoms with Crippen LogP contribution in [0.2, 0.25) is 0 Å². The van der Waals surface area contributed by atoms with Gasteiger partial charge in [-0.1, -0.05) is 60.2 Å². The Kier molecular flexibility index (Phi) is 5.79.